The highest BCUT2D eigenvalue weighted by Gasteiger charge is 2.54. The van der Waals surface area contributed by atoms with Crippen molar-refractivity contribution in [3.63, 3.8) is 0 Å². The van der Waals surface area contributed by atoms with Crippen molar-refractivity contribution in [2.75, 3.05) is 13.2 Å². The van der Waals surface area contributed by atoms with E-state index in [1.54, 1.807) is 48.5 Å². The first kappa shape index (κ1) is 31.6. The fraction of sp³-hybridized carbons (Fsp3) is 0.212. The van der Waals surface area contributed by atoms with Crippen LogP contribution >= 0.6 is 15.9 Å². The Morgan fingerprint density at radius 2 is 1.82 bits per heavy atom. The fourth-order valence-corrected chi connectivity index (χ4v) is 5.53. The normalized spacial score (nSPS) is 17.2. The van der Waals surface area contributed by atoms with Crippen LogP contribution in [0.5, 0.6) is 5.75 Å². The number of azide groups is 1. The average Bonchev–Trinajstić information content (AvgIpc) is 3.42. The summed E-state index contributed by atoms with van der Waals surface area (Å²) in [6.07, 6.45) is -0.527. The summed E-state index contributed by atoms with van der Waals surface area (Å²) in [5, 5.41) is 15.7. The minimum atomic E-state index is -1.66. The van der Waals surface area contributed by atoms with Crippen LogP contribution < -0.4 is 10.1 Å². The Morgan fingerprint density at radius 1 is 1.07 bits per heavy atom. The van der Waals surface area contributed by atoms with Crippen LogP contribution in [0, 0.1) is 11.6 Å². The molecule has 2 atom stereocenters. The van der Waals surface area contributed by atoms with E-state index in [2.05, 4.69) is 31.3 Å². The Bertz CT molecular complexity index is 1760. The molecule has 1 amide bonds. The molecular formula is C33H28BrF2N5O4. The molecule has 230 valence electrons. The maximum absolute atomic E-state index is 14.5. The predicted octanol–water partition coefficient (Wildman–Crippen LogP) is 7.25. The molecule has 9 nitrogen and oxygen atoms in total. The molecule has 12 heteroatoms. The second kappa shape index (κ2) is 14.3. The number of aliphatic imine (C=N–C) groups is 1. The lowest BCUT2D eigenvalue weighted by atomic mass is 9.81. The van der Waals surface area contributed by atoms with Crippen molar-refractivity contribution in [3.05, 3.63) is 140 Å². The van der Waals surface area contributed by atoms with Gasteiger partial charge in [0.2, 0.25) is 5.90 Å². The van der Waals surface area contributed by atoms with E-state index in [9.17, 15) is 19.1 Å². The first-order valence-corrected chi connectivity index (χ1v) is 14.8. The summed E-state index contributed by atoms with van der Waals surface area (Å²) in [6, 6.07) is 24.2. The molecule has 0 bridgehead atoms. The number of hydrogen-bond donors (Lipinski definition) is 2. The molecule has 0 aliphatic carbocycles. The predicted molar refractivity (Wildman–Crippen MR) is 168 cm³/mol. The number of aliphatic hydroxyl groups is 1. The van der Waals surface area contributed by atoms with Crippen molar-refractivity contribution < 1.29 is 28.2 Å². The van der Waals surface area contributed by atoms with E-state index in [0.29, 0.717) is 45.6 Å². The molecule has 4 aromatic rings. The summed E-state index contributed by atoms with van der Waals surface area (Å²) < 4.78 is 40.9. The van der Waals surface area contributed by atoms with Gasteiger partial charge in [0.1, 0.15) is 17.4 Å². The molecule has 0 fully saturated rings. The first-order valence-electron chi connectivity index (χ1n) is 14.0. The summed E-state index contributed by atoms with van der Waals surface area (Å²) in [5.41, 5.74) is 9.70. The van der Waals surface area contributed by atoms with E-state index in [4.69, 9.17) is 19.6 Å². The second-order valence-corrected chi connectivity index (χ2v) is 11.1. The number of rotatable bonds is 12. The van der Waals surface area contributed by atoms with E-state index in [-0.39, 0.29) is 31.0 Å². The van der Waals surface area contributed by atoms with Gasteiger partial charge in [0.05, 0.1) is 6.61 Å². The lowest BCUT2D eigenvalue weighted by molar-refractivity contribution is -0.129. The number of nitrogens with zero attached hydrogens (tertiary/aromatic N) is 4. The monoisotopic (exact) mass is 675 g/mol. The number of carbonyl (C=O) groups excluding carboxylic acids is 1. The maximum Gasteiger partial charge on any atom is 0.252 e. The third-order valence-electron chi connectivity index (χ3n) is 7.28. The second-order valence-electron chi connectivity index (χ2n) is 10.2. The lowest BCUT2D eigenvalue weighted by Crippen LogP contribution is -2.49. The lowest BCUT2D eigenvalue weighted by Gasteiger charge is -2.31. The molecule has 0 unspecified atom stereocenters. The van der Waals surface area contributed by atoms with Gasteiger partial charge >= 0.3 is 0 Å². The van der Waals surface area contributed by atoms with Crippen LogP contribution in [-0.4, -0.2) is 35.7 Å². The average molecular weight is 677 g/mol. The SMILES string of the molecule is [N-]=[N+]=Nc1ccccc1C[C@@]1(C(=O)NCc2ccc(F)cc2F)N=C(c2ccc(OCCCO)cc2)O[C@@H]1c1ccccc1Br. The minimum absolute atomic E-state index is 0.0138. The van der Waals surface area contributed by atoms with E-state index in [1.165, 1.54) is 6.07 Å². The molecule has 0 saturated carbocycles. The van der Waals surface area contributed by atoms with Gasteiger partial charge in [-0.05, 0) is 47.5 Å². The van der Waals surface area contributed by atoms with Crippen molar-refractivity contribution in [1.29, 1.82) is 0 Å². The van der Waals surface area contributed by atoms with Crippen LogP contribution in [0.3, 0.4) is 0 Å². The van der Waals surface area contributed by atoms with Crippen LogP contribution in [0.2, 0.25) is 0 Å². The Morgan fingerprint density at radius 3 is 2.56 bits per heavy atom. The number of hydrogen-bond acceptors (Lipinski definition) is 6. The number of nitrogens with one attached hydrogen (secondary N) is 1. The molecule has 1 aliphatic heterocycles. The van der Waals surface area contributed by atoms with Gasteiger partial charge in [0.25, 0.3) is 5.91 Å². The largest absolute Gasteiger partial charge is 0.494 e. The van der Waals surface area contributed by atoms with Gasteiger partial charge in [-0.25, -0.2) is 13.8 Å². The van der Waals surface area contributed by atoms with Gasteiger partial charge < -0.3 is 19.9 Å². The quantitative estimate of drug-likeness (QED) is 0.0709. The highest BCUT2D eigenvalue weighted by atomic mass is 79.9. The molecule has 0 saturated heterocycles. The molecule has 0 radical (unpaired) electrons. The van der Waals surface area contributed by atoms with Gasteiger partial charge in [-0.15, -0.1) is 0 Å². The summed E-state index contributed by atoms with van der Waals surface area (Å²) in [7, 11) is 0. The van der Waals surface area contributed by atoms with Crippen LogP contribution in [-0.2, 0) is 22.5 Å². The van der Waals surface area contributed by atoms with Crippen molar-refractivity contribution in [1.82, 2.24) is 5.32 Å². The van der Waals surface area contributed by atoms with E-state index in [0.717, 1.165) is 12.1 Å². The van der Waals surface area contributed by atoms with Gasteiger partial charge in [0, 0.05) is 63.8 Å². The van der Waals surface area contributed by atoms with Crippen LogP contribution in [0.1, 0.15) is 34.8 Å². The summed E-state index contributed by atoms with van der Waals surface area (Å²) >= 11 is 3.59. The van der Waals surface area contributed by atoms with Crippen LogP contribution in [0.25, 0.3) is 10.4 Å². The van der Waals surface area contributed by atoms with E-state index < -0.39 is 29.2 Å². The number of benzene rings is 4. The van der Waals surface area contributed by atoms with Gasteiger partial charge in [0.15, 0.2) is 11.6 Å². The van der Waals surface area contributed by atoms with Crippen molar-refractivity contribution in [2.24, 2.45) is 10.1 Å². The van der Waals surface area contributed by atoms with Gasteiger partial charge in [-0.2, -0.15) is 0 Å². The van der Waals surface area contributed by atoms with E-state index in [1.807, 2.05) is 24.3 Å². The molecular weight excluding hydrogens is 648 g/mol. The Kier molecular flexibility index (Phi) is 10.1. The smallest absolute Gasteiger partial charge is 0.252 e. The molecule has 1 heterocycles. The zero-order valence-electron chi connectivity index (χ0n) is 23.9. The van der Waals surface area contributed by atoms with Crippen LogP contribution in [0.15, 0.2) is 106 Å². The minimum Gasteiger partial charge on any atom is -0.494 e. The molecule has 2 N–H and O–H groups in total. The van der Waals surface area contributed by atoms with Crippen molar-refractivity contribution >= 4 is 33.4 Å². The van der Waals surface area contributed by atoms with Crippen molar-refractivity contribution in [2.45, 2.75) is 31.0 Å². The first-order chi connectivity index (χ1) is 21.8. The Labute approximate surface area is 266 Å². The summed E-state index contributed by atoms with van der Waals surface area (Å²) in [5.74, 6) is -1.34. The van der Waals surface area contributed by atoms with Crippen molar-refractivity contribution in [3.8, 4) is 5.75 Å². The standard InChI is InChI=1S/C33H28BrF2N5O4/c34-27-8-3-2-7-26(27)30-33(19-22-6-1-4-9-29(22)40-41-37,32(43)38-20-23-10-13-24(35)18-28(23)36)39-31(45-30)21-11-14-25(15-12-21)44-17-5-16-42/h1-4,6-15,18,30,42H,5,16-17,19-20H2,(H,38,43)/t30-,33-/m1/s1. The van der Waals surface area contributed by atoms with E-state index >= 15 is 0 Å². The number of aliphatic hydroxyl groups excluding tert-OH is 1. The van der Waals surface area contributed by atoms with Crippen LogP contribution in [0.4, 0.5) is 14.5 Å². The number of carbonyl (C=O) groups is 1. The molecule has 0 aromatic heterocycles. The highest BCUT2D eigenvalue weighted by Crippen LogP contribution is 2.45. The summed E-state index contributed by atoms with van der Waals surface area (Å²) in [6.45, 7) is 0.123. The number of amides is 1. The Hall–Kier alpha value is -4.77. The molecule has 45 heavy (non-hydrogen) atoms. The molecule has 0 spiro atoms. The third kappa shape index (κ3) is 7.15. The maximum atomic E-state index is 14.5. The molecule has 4 aromatic carbocycles. The topological polar surface area (TPSA) is 129 Å². The summed E-state index contributed by atoms with van der Waals surface area (Å²) in [4.78, 5) is 22.3. The Balaban J connectivity index is 1.61. The van der Waals surface area contributed by atoms with Gasteiger partial charge in [-0.1, -0.05) is 69.6 Å². The number of ether oxygens (including phenoxy) is 2. The van der Waals surface area contributed by atoms with Gasteiger partial charge in [-0.3, -0.25) is 4.79 Å². The zero-order chi connectivity index (χ0) is 31.8. The molecule has 5 rings (SSSR count). The molecule has 1 aliphatic rings. The number of halogens is 3. The highest BCUT2D eigenvalue weighted by molar-refractivity contribution is 9.10. The fourth-order valence-electron chi connectivity index (χ4n) is 5.04. The third-order valence-corrected chi connectivity index (χ3v) is 8.00. The zero-order valence-corrected chi connectivity index (χ0v) is 25.5.